The molecule has 112 valence electrons. The summed E-state index contributed by atoms with van der Waals surface area (Å²) in [5.74, 6) is 0. The average molecular weight is 297 g/mol. The molecular formula is C14H23N3O2S. The van der Waals surface area contributed by atoms with E-state index in [2.05, 4.69) is 10.3 Å². The minimum Gasteiger partial charge on any atom is -0.313 e. The molecule has 1 unspecified atom stereocenters. The number of hydrogen-bond donors (Lipinski definition) is 1. The molecule has 2 heterocycles. The summed E-state index contributed by atoms with van der Waals surface area (Å²) < 4.78 is 26.9. The first-order valence-electron chi connectivity index (χ1n) is 7.28. The van der Waals surface area contributed by atoms with Crippen LogP contribution in [-0.2, 0) is 10.0 Å². The smallest absolute Gasteiger partial charge is 0.244 e. The maximum atomic E-state index is 12.7. The molecule has 6 heteroatoms. The predicted molar refractivity (Wildman–Crippen MR) is 78.9 cm³/mol. The zero-order valence-corrected chi connectivity index (χ0v) is 12.8. The summed E-state index contributed by atoms with van der Waals surface area (Å²) in [5, 5.41) is 3.41. The van der Waals surface area contributed by atoms with Gasteiger partial charge in [-0.2, -0.15) is 4.31 Å². The average Bonchev–Trinajstić information content (AvgIpc) is 2.49. The minimum atomic E-state index is -3.43. The summed E-state index contributed by atoms with van der Waals surface area (Å²) in [6.45, 7) is 4.08. The van der Waals surface area contributed by atoms with Crippen LogP contribution < -0.4 is 5.32 Å². The monoisotopic (exact) mass is 297 g/mol. The molecule has 1 atom stereocenters. The lowest BCUT2D eigenvalue weighted by molar-refractivity contribution is 0.312. The van der Waals surface area contributed by atoms with E-state index in [1.54, 1.807) is 22.6 Å². The Bertz CT molecular complexity index is 498. The second-order valence-electron chi connectivity index (χ2n) is 5.20. The van der Waals surface area contributed by atoms with Crippen LogP contribution in [-0.4, -0.2) is 43.4 Å². The number of pyridine rings is 1. The second kappa shape index (κ2) is 7.15. The summed E-state index contributed by atoms with van der Waals surface area (Å²) in [6.07, 6.45) is 7.22. The first-order valence-corrected chi connectivity index (χ1v) is 8.72. The Morgan fingerprint density at radius 3 is 2.90 bits per heavy atom. The summed E-state index contributed by atoms with van der Waals surface area (Å²) in [6, 6.07) is 3.54. The predicted octanol–water partition coefficient (Wildman–Crippen LogP) is 1.62. The van der Waals surface area contributed by atoms with Gasteiger partial charge in [0.25, 0.3) is 0 Å². The van der Waals surface area contributed by atoms with Gasteiger partial charge in [0.15, 0.2) is 0 Å². The SMILES string of the molecule is CCCN(CC1CCCCN1)S(=O)(=O)c1cccnc1. The molecule has 0 saturated carbocycles. The Morgan fingerprint density at radius 2 is 2.30 bits per heavy atom. The summed E-state index contributed by atoms with van der Waals surface area (Å²) in [4.78, 5) is 4.20. The highest BCUT2D eigenvalue weighted by Crippen LogP contribution is 2.17. The lowest BCUT2D eigenvalue weighted by atomic mass is 10.1. The summed E-state index contributed by atoms with van der Waals surface area (Å²) >= 11 is 0. The van der Waals surface area contributed by atoms with Gasteiger partial charge in [-0.15, -0.1) is 0 Å². The lowest BCUT2D eigenvalue weighted by Gasteiger charge is -2.29. The van der Waals surface area contributed by atoms with Crippen LogP contribution in [0.4, 0.5) is 0 Å². The lowest BCUT2D eigenvalue weighted by Crippen LogP contribution is -2.46. The zero-order chi connectivity index (χ0) is 14.4. The molecule has 0 bridgehead atoms. The van der Waals surface area contributed by atoms with Crippen molar-refractivity contribution in [1.29, 1.82) is 0 Å². The van der Waals surface area contributed by atoms with Crippen molar-refractivity contribution in [3.05, 3.63) is 24.5 Å². The van der Waals surface area contributed by atoms with Gasteiger partial charge in [-0.05, 0) is 37.9 Å². The van der Waals surface area contributed by atoms with E-state index in [9.17, 15) is 8.42 Å². The van der Waals surface area contributed by atoms with Crippen molar-refractivity contribution < 1.29 is 8.42 Å². The van der Waals surface area contributed by atoms with Crippen LogP contribution in [0.15, 0.2) is 29.4 Å². The van der Waals surface area contributed by atoms with Crippen molar-refractivity contribution in [1.82, 2.24) is 14.6 Å². The number of aromatic nitrogens is 1. The molecule has 1 saturated heterocycles. The Balaban J connectivity index is 2.14. The Morgan fingerprint density at radius 1 is 1.45 bits per heavy atom. The third-order valence-electron chi connectivity index (χ3n) is 3.58. The quantitative estimate of drug-likeness (QED) is 0.867. The van der Waals surface area contributed by atoms with Crippen molar-refractivity contribution in [2.45, 2.75) is 43.5 Å². The Hall–Kier alpha value is -0.980. The van der Waals surface area contributed by atoms with Crippen LogP contribution in [0.5, 0.6) is 0 Å². The zero-order valence-electron chi connectivity index (χ0n) is 12.0. The number of rotatable bonds is 6. The van der Waals surface area contributed by atoms with Crippen molar-refractivity contribution in [2.24, 2.45) is 0 Å². The normalized spacial score (nSPS) is 20.2. The maximum Gasteiger partial charge on any atom is 0.244 e. The third-order valence-corrected chi connectivity index (χ3v) is 5.43. The molecule has 20 heavy (non-hydrogen) atoms. The standard InChI is InChI=1S/C14H23N3O2S/c1-2-10-17(12-13-6-3-4-9-16-13)20(18,19)14-7-5-8-15-11-14/h5,7-8,11,13,16H,2-4,6,9-10,12H2,1H3. The second-order valence-corrected chi connectivity index (χ2v) is 7.14. The fourth-order valence-corrected chi connectivity index (χ4v) is 4.08. The summed E-state index contributed by atoms with van der Waals surface area (Å²) in [5.41, 5.74) is 0. The van der Waals surface area contributed by atoms with E-state index in [4.69, 9.17) is 0 Å². The van der Waals surface area contributed by atoms with Crippen LogP contribution in [0, 0.1) is 0 Å². The highest BCUT2D eigenvalue weighted by molar-refractivity contribution is 7.89. The molecule has 2 rings (SSSR count). The van der Waals surface area contributed by atoms with Crippen LogP contribution in [0.3, 0.4) is 0 Å². The van der Waals surface area contributed by atoms with Gasteiger partial charge in [-0.1, -0.05) is 13.3 Å². The van der Waals surface area contributed by atoms with Crippen LogP contribution in [0.25, 0.3) is 0 Å². The molecule has 1 aromatic heterocycles. The molecule has 1 aliphatic rings. The number of sulfonamides is 1. The van der Waals surface area contributed by atoms with Crippen LogP contribution >= 0.6 is 0 Å². The molecule has 1 fully saturated rings. The Labute approximate surface area is 121 Å². The van der Waals surface area contributed by atoms with E-state index in [1.165, 1.54) is 19.0 Å². The molecule has 1 aliphatic heterocycles. The molecule has 0 amide bonds. The highest BCUT2D eigenvalue weighted by Gasteiger charge is 2.27. The van der Waals surface area contributed by atoms with Gasteiger partial charge in [-0.3, -0.25) is 4.98 Å². The van der Waals surface area contributed by atoms with E-state index < -0.39 is 10.0 Å². The van der Waals surface area contributed by atoms with Gasteiger partial charge in [0.1, 0.15) is 4.90 Å². The van der Waals surface area contributed by atoms with E-state index in [0.29, 0.717) is 13.1 Å². The fourth-order valence-electron chi connectivity index (χ4n) is 2.53. The van der Waals surface area contributed by atoms with Crippen molar-refractivity contribution in [3.63, 3.8) is 0 Å². The molecule has 1 aromatic rings. The van der Waals surface area contributed by atoms with Gasteiger partial charge < -0.3 is 5.32 Å². The van der Waals surface area contributed by atoms with Gasteiger partial charge >= 0.3 is 0 Å². The highest BCUT2D eigenvalue weighted by atomic mass is 32.2. The van der Waals surface area contributed by atoms with Gasteiger partial charge in [0, 0.05) is 31.5 Å². The number of nitrogens with zero attached hydrogens (tertiary/aromatic N) is 2. The Kier molecular flexibility index (Phi) is 5.51. The van der Waals surface area contributed by atoms with Crippen molar-refractivity contribution in [2.75, 3.05) is 19.6 Å². The topological polar surface area (TPSA) is 62.3 Å². The van der Waals surface area contributed by atoms with Crippen LogP contribution in [0.1, 0.15) is 32.6 Å². The maximum absolute atomic E-state index is 12.7. The van der Waals surface area contributed by atoms with E-state index in [0.717, 1.165) is 19.4 Å². The first kappa shape index (κ1) is 15.4. The number of piperidine rings is 1. The fraction of sp³-hybridized carbons (Fsp3) is 0.643. The largest absolute Gasteiger partial charge is 0.313 e. The molecule has 0 aromatic carbocycles. The van der Waals surface area contributed by atoms with Crippen LogP contribution in [0.2, 0.25) is 0 Å². The van der Waals surface area contributed by atoms with E-state index in [1.807, 2.05) is 6.92 Å². The minimum absolute atomic E-state index is 0.266. The van der Waals surface area contributed by atoms with Gasteiger partial charge in [0.2, 0.25) is 10.0 Å². The third kappa shape index (κ3) is 3.77. The first-order chi connectivity index (χ1) is 9.64. The number of nitrogens with one attached hydrogen (secondary N) is 1. The molecule has 0 spiro atoms. The molecule has 5 nitrogen and oxygen atoms in total. The summed E-state index contributed by atoms with van der Waals surface area (Å²) in [7, 11) is -3.43. The van der Waals surface area contributed by atoms with Gasteiger partial charge in [0.05, 0.1) is 0 Å². The molecule has 1 N–H and O–H groups in total. The molecule has 0 radical (unpaired) electrons. The molecular weight excluding hydrogens is 274 g/mol. The van der Waals surface area contributed by atoms with Crippen molar-refractivity contribution >= 4 is 10.0 Å². The van der Waals surface area contributed by atoms with E-state index >= 15 is 0 Å². The molecule has 0 aliphatic carbocycles. The van der Waals surface area contributed by atoms with Crippen molar-refractivity contribution in [3.8, 4) is 0 Å². The van der Waals surface area contributed by atoms with Gasteiger partial charge in [-0.25, -0.2) is 8.42 Å². The van der Waals surface area contributed by atoms with E-state index in [-0.39, 0.29) is 10.9 Å². The number of hydrogen-bond acceptors (Lipinski definition) is 4.